The van der Waals surface area contributed by atoms with Gasteiger partial charge in [0.15, 0.2) is 0 Å². The Kier molecular flexibility index (Phi) is 3.93. The van der Waals surface area contributed by atoms with Crippen LogP contribution >= 0.6 is 0 Å². The van der Waals surface area contributed by atoms with Crippen LogP contribution in [0.3, 0.4) is 0 Å². The SMILES string of the molecule is CCOC(=N)C1(OC)CCCC(C)C1. The molecule has 2 unspecified atom stereocenters. The molecule has 14 heavy (non-hydrogen) atoms. The molecule has 1 fully saturated rings. The van der Waals surface area contributed by atoms with Crippen LogP contribution in [-0.2, 0) is 9.47 Å². The predicted octanol–water partition coefficient (Wildman–Crippen LogP) is 2.60. The fourth-order valence-electron chi connectivity index (χ4n) is 2.26. The summed E-state index contributed by atoms with van der Waals surface area (Å²) in [6.07, 6.45) is 4.21. The Morgan fingerprint density at radius 3 is 2.79 bits per heavy atom. The van der Waals surface area contributed by atoms with Crippen molar-refractivity contribution in [3.05, 3.63) is 0 Å². The molecular weight excluding hydrogens is 178 g/mol. The topological polar surface area (TPSA) is 42.3 Å². The molecule has 3 nitrogen and oxygen atoms in total. The van der Waals surface area contributed by atoms with E-state index < -0.39 is 5.60 Å². The van der Waals surface area contributed by atoms with Gasteiger partial charge in [0.1, 0.15) is 5.60 Å². The van der Waals surface area contributed by atoms with Gasteiger partial charge in [-0.25, -0.2) is 0 Å². The van der Waals surface area contributed by atoms with E-state index in [2.05, 4.69) is 6.92 Å². The molecule has 1 rings (SSSR count). The van der Waals surface area contributed by atoms with E-state index in [1.807, 2.05) is 6.92 Å². The van der Waals surface area contributed by atoms with E-state index in [1.54, 1.807) is 7.11 Å². The van der Waals surface area contributed by atoms with Gasteiger partial charge in [0.25, 0.3) is 0 Å². The van der Waals surface area contributed by atoms with Gasteiger partial charge < -0.3 is 9.47 Å². The third-order valence-corrected chi connectivity index (χ3v) is 3.05. The molecule has 1 saturated carbocycles. The average Bonchev–Trinajstić information content (AvgIpc) is 2.18. The molecule has 0 radical (unpaired) electrons. The molecule has 0 aromatic carbocycles. The minimum absolute atomic E-state index is 0.314. The first-order valence-electron chi connectivity index (χ1n) is 5.41. The van der Waals surface area contributed by atoms with Crippen molar-refractivity contribution in [3.63, 3.8) is 0 Å². The highest BCUT2D eigenvalue weighted by atomic mass is 16.5. The Hall–Kier alpha value is -0.570. The van der Waals surface area contributed by atoms with Crippen LogP contribution in [-0.4, -0.2) is 25.2 Å². The van der Waals surface area contributed by atoms with Gasteiger partial charge >= 0.3 is 0 Å². The predicted molar refractivity (Wildman–Crippen MR) is 56.7 cm³/mol. The molecule has 0 bridgehead atoms. The Morgan fingerprint density at radius 2 is 2.29 bits per heavy atom. The minimum Gasteiger partial charge on any atom is -0.479 e. The lowest BCUT2D eigenvalue weighted by molar-refractivity contribution is -0.0150. The van der Waals surface area contributed by atoms with Crippen molar-refractivity contribution in [2.75, 3.05) is 13.7 Å². The Morgan fingerprint density at radius 1 is 1.57 bits per heavy atom. The van der Waals surface area contributed by atoms with E-state index in [9.17, 15) is 0 Å². The molecule has 3 heteroatoms. The highest BCUT2D eigenvalue weighted by Gasteiger charge is 2.40. The first-order chi connectivity index (χ1) is 6.64. The number of ether oxygens (including phenoxy) is 2. The monoisotopic (exact) mass is 199 g/mol. The molecule has 0 amide bonds. The van der Waals surface area contributed by atoms with Gasteiger partial charge in [0, 0.05) is 7.11 Å². The van der Waals surface area contributed by atoms with Crippen molar-refractivity contribution < 1.29 is 9.47 Å². The fraction of sp³-hybridized carbons (Fsp3) is 0.909. The highest BCUT2D eigenvalue weighted by molar-refractivity contribution is 5.82. The number of rotatable bonds is 3. The van der Waals surface area contributed by atoms with Crippen molar-refractivity contribution >= 4 is 5.90 Å². The smallest absolute Gasteiger partial charge is 0.213 e. The molecule has 1 N–H and O–H groups in total. The summed E-state index contributed by atoms with van der Waals surface area (Å²) in [6.45, 7) is 4.68. The van der Waals surface area contributed by atoms with E-state index in [4.69, 9.17) is 14.9 Å². The zero-order valence-corrected chi connectivity index (χ0v) is 9.43. The molecule has 1 aliphatic carbocycles. The quantitative estimate of drug-likeness (QED) is 0.560. The minimum atomic E-state index is -0.437. The summed E-state index contributed by atoms with van der Waals surface area (Å²) in [7, 11) is 1.69. The van der Waals surface area contributed by atoms with E-state index >= 15 is 0 Å². The Bertz CT molecular complexity index is 205. The van der Waals surface area contributed by atoms with Gasteiger partial charge in [-0.15, -0.1) is 0 Å². The van der Waals surface area contributed by atoms with Crippen molar-refractivity contribution in [2.24, 2.45) is 5.92 Å². The van der Waals surface area contributed by atoms with Crippen LogP contribution in [0.15, 0.2) is 0 Å². The van der Waals surface area contributed by atoms with Gasteiger partial charge in [-0.1, -0.05) is 13.3 Å². The van der Waals surface area contributed by atoms with Gasteiger partial charge in [0.2, 0.25) is 5.90 Å². The summed E-state index contributed by atoms with van der Waals surface area (Å²) in [4.78, 5) is 0. The lowest BCUT2D eigenvalue weighted by Gasteiger charge is -2.38. The zero-order chi connectivity index (χ0) is 10.6. The molecular formula is C11H21NO2. The van der Waals surface area contributed by atoms with Crippen molar-refractivity contribution in [2.45, 2.75) is 45.1 Å². The van der Waals surface area contributed by atoms with Gasteiger partial charge in [-0.2, -0.15) is 0 Å². The number of methoxy groups -OCH3 is 1. The highest BCUT2D eigenvalue weighted by Crippen LogP contribution is 2.35. The van der Waals surface area contributed by atoms with Crippen LogP contribution in [0.4, 0.5) is 0 Å². The maximum absolute atomic E-state index is 7.87. The summed E-state index contributed by atoms with van der Waals surface area (Å²) in [6, 6.07) is 0. The fourth-order valence-corrected chi connectivity index (χ4v) is 2.26. The molecule has 0 saturated heterocycles. The summed E-state index contributed by atoms with van der Waals surface area (Å²) < 4.78 is 10.8. The maximum atomic E-state index is 7.87. The molecule has 1 aliphatic rings. The van der Waals surface area contributed by atoms with E-state index in [1.165, 1.54) is 6.42 Å². The van der Waals surface area contributed by atoms with Crippen molar-refractivity contribution in [1.29, 1.82) is 5.41 Å². The van der Waals surface area contributed by atoms with E-state index in [0.29, 0.717) is 18.4 Å². The molecule has 82 valence electrons. The third-order valence-electron chi connectivity index (χ3n) is 3.05. The molecule has 0 aromatic heterocycles. The normalized spacial score (nSPS) is 32.6. The van der Waals surface area contributed by atoms with E-state index in [-0.39, 0.29) is 0 Å². The second-order valence-electron chi connectivity index (χ2n) is 4.16. The van der Waals surface area contributed by atoms with Crippen LogP contribution in [0.5, 0.6) is 0 Å². The molecule has 0 aliphatic heterocycles. The summed E-state index contributed by atoms with van der Waals surface area (Å²) in [5.74, 6) is 0.943. The number of nitrogens with one attached hydrogen (secondary N) is 1. The number of hydrogen-bond donors (Lipinski definition) is 1. The van der Waals surface area contributed by atoms with Crippen LogP contribution in [0, 0.1) is 11.3 Å². The summed E-state index contributed by atoms with van der Waals surface area (Å²) >= 11 is 0. The first kappa shape index (κ1) is 11.5. The molecule has 0 aromatic rings. The Balaban J connectivity index is 2.68. The molecule has 2 atom stereocenters. The van der Waals surface area contributed by atoms with Crippen LogP contribution in [0.25, 0.3) is 0 Å². The molecule has 0 heterocycles. The third kappa shape index (κ3) is 2.27. The lowest BCUT2D eigenvalue weighted by atomic mass is 9.78. The average molecular weight is 199 g/mol. The van der Waals surface area contributed by atoms with E-state index in [0.717, 1.165) is 19.3 Å². The van der Waals surface area contributed by atoms with Crippen LogP contribution < -0.4 is 0 Å². The van der Waals surface area contributed by atoms with Crippen LogP contribution in [0.1, 0.15) is 39.5 Å². The van der Waals surface area contributed by atoms with Gasteiger partial charge in [-0.3, -0.25) is 5.41 Å². The Labute approximate surface area is 86.3 Å². The standard InChI is InChI=1S/C11H21NO2/c1-4-14-10(12)11(13-3)7-5-6-9(2)8-11/h9,12H,4-8H2,1-3H3. The number of hydrogen-bond acceptors (Lipinski definition) is 3. The largest absolute Gasteiger partial charge is 0.479 e. The van der Waals surface area contributed by atoms with Crippen molar-refractivity contribution in [3.8, 4) is 0 Å². The maximum Gasteiger partial charge on any atom is 0.213 e. The summed E-state index contributed by atoms with van der Waals surface area (Å²) in [5.41, 5.74) is -0.437. The zero-order valence-electron chi connectivity index (χ0n) is 9.43. The molecule has 0 spiro atoms. The second kappa shape index (κ2) is 4.78. The second-order valence-corrected chi connectivity index (χ2v) is 4.16. The van der Waals surface area contributed by atoms with Crippen LogP contribution in [0.2, 0.25) is 0 Å². The van der Waals surface area contributed by atoms with Gasteiger partial charge in [0.05, 0.1) is 6.61 Å². The lowest BCUT2D eigenvalue weighted by Crippen LogP contribution is -2.45. The van der Waals surface area contributed by atoms with Crippen molar-refractivity contribution in [1.82, 2.24) is 0 Å². The summed E-state index contributed by atoms with van der Waals surface area (Å²) in [5, 5.41) is 7.87. The first-order valence-corrected chi connectivity index (χ1v) is 5.41. The van der Waals surface area contributed by atoms with Gasteiger partial charge in [-0.05, 0) is 32.1 Å².